The van der Waals surface area contributed by atoms with E-state index in [0.29, 0.717) is 36.2 Å². The van der Waals surface area contributed by atoms with Gasteiger partial charge in [0.05, 0.1) is 24.7 Å². The van der Waals surface area contributed by atoms with Crippen LogP contribution in [-0.2, 0) is 11.2 Å². The van der Waals surface area contributed by atoms with E-state index in [1.54, 1.807) is 0 Å². The molecule has 0 unspecified atom stereocenters. The van der Waals surface area contributed by atoms with Crippen LogP contribution in [0, 0.1) is 0 Å². The number of amides is 1. The molecular formula is C15H18ClNO3S. The lowest BCUT2D eigenvalue weighted by atomic mass is 10.1. The van der Waals surface area contributed by atoms with Crippen LogP contribution >= 0.6 is 23.4 Å². The molecule has 1 aromatic carbocycles. The Morgan fingerprint density at radius 2 is 2.00 bits per heavy atom. The van der Waals surface area contributed by atoms with Gasteiger partial charge in [-0.1, -0.05) is 11.6 Å². The third-order valence-electron chi connectivity index (χ3n) is 3.58. The maximum atomic E-state index is 12.3. The third kappa shape index (κ3) is 3.58. The van der Waals surface area contributed by atoms with Crippen molar-refractivity contribution in [3.05, 3.63) is 22.7 Å². The molecule has 0 spiro atoms. The molecule has 0 atom stereocenters. The quantitative estimate of drug-likeness (QED) is 0.837. The summed E-state index contributed by atoms with van der Waals surface area (Å²) in [6.45, 7) is 2.89. The normalized spacial score (nSPS) is 18.2. The van der Waals surface area contributed by atoms with Crippen molar-refractivity contribution in [1.29, 1.82) is 0 Å². The molecule has 1 aromatic rings. The Morgan fingerprint density at radius 1 is 1.24 bits per heavy atom. The van der Waals surface area contributed by atoms with Crippen LogP contribution in [0.5, 0.6) is 11.5 Å². The Bertz CT molecular complexity index is 532. The Labute approximate surface area is 133 Å². The van der Waals surface area contributed by atoms with Gasteiger partial charge in [0.1, 0.15) is 0 Å². The Morgan fingerprint density at radius 3 is 2.81 bits per heavy atom. The average molecular weight is 328 g/mol. The van der Waals surface area contributed by atoms with Crippen molar-refractivity contribution >= 4 is 29.3 Å². The van der Waals surface area contributed by atoms with Gasteiger partial charge in [0.15, 0.2) is 11.5 Å². The lowest BCUT2D eigenvalue weighted by Gasteiger charge is -2.26. The van der Waals surface area contributed by atoms with Crippen molar-refractivity contribution in [2.75, 3.05) is 37.8 Å². The minimum atomic E-state index is 0.154. The fraction of sp³-hybridized carbons (Fsp3) is 0.533. The van der Waals surface area contributed by atoms with Crippen molar-refractivity contribution in [2.24, 2.45) is 0 Å². The molecule has 3 rings (SSSR count). The maximum absolute atomic E-state index is 12.3. The number of rotatable bonds is 2. The summed E-state index contributed by atoms with van der Waals surface area (Å²) in [5, 5.41) is 0.520. The number of benzene rings is 1. The minimum absolute atomic E-state index is 0.154. The monoisotopic (exact) mass is 327 g/mol. The van der Waals surface area contributed by atoms with Crippen molar-refractivity contribution < 1.29 is 14.3 Å². The molecule has 0 aromatic heterocycles. The molecular weight excluding hydrogens is 310 g/mol. The molecule has 1 saturated heterocycles. The molecule has 0 aliphatic carbocycles. The number of ether oxygens (including phenoxy) is 2. The highest BCUT2D eigenvalue weighted by molar-refractivity contribution is 7.99. The largest absolute Gasteiger partial charge is 0.489 e. The van der Waals surface area contributed by atoms with E-state index >= 15 is 0 Å². The van der Waals surface area contributed by atoms with Crippen LogP contribution in [0.25, 0.3) is 0 Å². The van der Waals surface area contributed by atoms with Gasteiger partial charge in [0, 0.05) is 31.0 Å². The highest BCUT2D eigenvalue weighted by atomic mass is 35.5. The number of thioether (sulfide) groups is 1. The first-order chi connectivity index (χ1) is 10.2. The second kappa shape index (κ2) is 6.79. The molecule has 0 saturated carbocycles. The summed E-state index contributed by atoms with van der Waals surface area (Å²) in [5.74, 6) is 3.44. The molecule has 0 radical (unpaired) electrons. The van der Waals surface area contributed by atoms with Crippen molar-refractivity contribution in [3.8, 4) is 11.5 Å². The highest BCUT2D eigenvalue weighted by Crippen LogP contribution is 2.38. The van der Waals surface area contributed by atoms with Crippen LogP contribution in [0.4, 0.5) is 0 Å². The predicted molar refractivity (Wildman–Crippen MR) is 84.7 cm³/mol. The van der Waals surface area contributed by atoms with E-state index in [9.17, 15) is 4.79 Å². The maximum Gasteiger partial charge on any atom is 0.227 e. The number of nitrogens with zero attached hydrogens (tertiary/aromatic N) is 1. The smallest absolute Gasteiger partial charge is 0.227 e. The minimum Gasteiger partial charge on any atom is -0.489 e. The molecule has 6 heteroatoms. The summed E-state index contributed by atoms with van der Waals surface area (Å²) < 4.78 is 11.3. The number of fused-ring (bicyclic) bond motifs is 1. The molecule has 0 N–H and O–H groups in total. The lowest BCUT2D eigenvalue weighted by molar-refractivity contribution is -0.130. The van der Waals surface area contributed by atoms with E-state index in [2.05, 4.69) is 0 Å². The molecule has 2 heterocycles. The van der Waals surface area contributed by atoms with Gasteiger partial charge >= 0.3 is 0 Å². The topological polar surface area (TPSA) is 38.8 Å². The second-order valence-corrected chi connectivity index (χ2v) is 6.76. The lowest BCUT2D eigenvalue weighted by Crippen LogP contribution is -2.38. The molecule has 114 valence electrons. The van der Waals surface area contributed by atoms with Gasteiger partial charge in [0.25, 0.3) is 0 Å². The summed E-state index contributed by atoms with van der Waals surface area (Å²) in [6, 6.07) is 3.69. The van der Waals surface area contributed by atoms with Gasteiger partial charge in [-0.05, 0) is 17.7 Å². The number of halogens is 1. The first-order valence-electron chi connectivity index (χ1n) is 7.17. The Kier molecular flexibility index (Phi) is 4.80. The van der Waals surface area contributed by atoms with Gasteiger partial charge < -0.3 is 14.4 Å². The van der Waals surface area contributed by atoms with Crippen LogP contribution in [0.2, 0.25) is 5.02 Å². The summed E-state index contributed by atoms with van der Waals surface area (Å²) in [6.07, 6.45) is 1.20. The van der Waals surface area contributed by atoms with Crippen molar-refractivity contribution in [2.45, 2.75) is 12.8 Å². The zero-order chi connectivity index (χ0) is 14.7. The van der Waals surface area contributed by atoms with Crippen LogP contribution in [0.1, 0.15) is 12.0 Å². The number of carbonyl (C=O) groups is 1. The van der Waals surface area contributed by atoms with Gasteiger partial charge in [-0.3, -0.25) is 4.79 Å². The average Bonchev–Trinajstić information content (AvgIpc) is 2.74. The highest BCUT2D eigenvalue weighted by Gasteiger charge is 2.20. The van der Waals surface area contributed by atoms with E-state index in [0.717, 1.165) is 36.6 Å². The van der Waals surface area contributed by atoms with Gasteiger partial charge in [-0.15, -0.1) is 0 Å². The molecule has 1 fully saturated rings. The van der Waals surface area contributed by atoms with Gasteiger partial charge in [-0.25, -0.2) is 0 Å². The molecule has 1 amide bonds. The summed E-state index contributed by atoms with van der Waals surface area (Å²) in [7, 11) is 0. The van der Waals surface area contributed by atoms with Crippen molar-refractivity contribution in [3.63, 3.8) is 0 Å². The number of hydrogen-bond donors (Lipinski definition) is 0. The van der Waals surface area contributed by atoms with Gasteiger partial charge in [0.2, 0.25) is 5.91 Å². The first-order valence-corrected chi connectivity index (χ1v) is 8.71. The van der Waals surface area contributed by atoms with E-state index in [4.69, 9.17) is 21.1 Å². The number of hydrogen-bond acceptors (Lipinski definition) is 4. The summed E-state index contributed by atoms with van der Waals surface area (Å²) in [4.78, 5) is 14.2. The molecule has 2 aliphatic rings. The number of carbonyl (C=O) groups excluding carboxylic acids is 1. The second-order valence-electron chi connectivity index (χ2n) is 5.13. The molecule has 4 nitrogen and oxygen atoms in total. The van der Waals surface area contributed by atoms with Crippen molar-refractivity contribution in [1.82, 2.24) is 4.90 Å². The fourth-order valence-electron chi connectivity index (χ4n) is 2.49. The zero-order valence-corrected chi connectivity index (χ0v) is 13.3. The van der Waals surface area contributed by atoms with Crippen LogP contribution in [0.15, 0.2) is 12.1 Å². The Hall–Kier alpha value is -1.07. The standard InChI is InChI=1S/C15H18ClNO3S/c16-12-8-11(9-13-15(12)20-5-1-4-19-13)10-14(18)17-2-6-21-7-3-17/h8-9H,1-7,10H2. The molecule has 21 heavy (non-hydrogen) atoms. The van der Waals surface area contributed by atoms with E-state index < -0.39 is 0 Å². The molecule has 2 aliphatic heterocycles. The SMILES string of the molecule is O=C(Cc1cc(Cl)c2c(c1)OCCCO2)N1CCSCC1. The van der Waals surface area contributed by atoms with E-state index in [-0.39, 0.29) is 5.91 Å². The fourth-order valence-corrected chi connectivity index (χ4v) is 3.68. The van der Waals surface area contributed by atoms with Gasteiger partial charge in [-0.2, -0.15) is 11.8 Å². The Balaban J connectivity index is 1.74. The summed E-state index contributed by atoms with van der Waals surface area (Å²) in [5.41, 5.74) is 0.882. The first kappa shape index (κ1) is 14.9. The summed E-state index contributed by atoms with van der Waals surface area (Å²) >= 11 is 8.15. The predicted octanol–water partition coefficient (Wildman–Crippen LogP) is 2.62. The van der Waals surface area contributed by atoms with Crippen LogP contribution in [0.3, 0.4) is 0 Å². The molecule has 0 bridgehead atoms. The van der Waals surface area contributed by atoms with E-state index in [1.165, 1.54) is 0 Å². The third-order valence-corrected chi connectivity index (χ3v) is 4.80. The van der Waals surface area contributed by atoms with Crippen LogP contribution < -0.4 is 9.47 Å². The zero-order valence-electron chi connectivity index (χ0n) is 11.8. The van der Waals surface area contributed by atoms with E-state index in [1.807, 2.05) is 28.8 Å². The van der Waals surface area contributed by atoms with Crippen LogP contribution in [-0.4, -0.2) is 48.6 Å².